The van der Waals surface area contributed by atoms with Crippen molar-refractivity contribution in [3.8, 4) is 6.07 Å². The second-order valence-electron chi connectivity index (χ2n) is 7.33. The molecule has 144 valence electrons. The van der Waals surface area contributed by atoms with Crippen LogP contribution < -0.4 is 0 Å². The van der Waals surface area contributed by atoms with Gasteiger partial charge >= 0.3 is 6.18 Å². The molecule has 0 saturated carbocycles. The summed E-state index contributed by atoms with van der Waals surface area (Å²) < 4.78 is 43.6. The number of ether oxygens (including phenoxy) is 1. The lowest BCUT2D eigenvalue weighted by molar-refractivity contribution is -0.163. The topological polar surface area (TPSA) is 73.6 Å². The van der Waals surface area contributed by atoms with Crippen LogP contribution in [0.3, 0.4) is 0 Å². The Morgan fingerprint density at radius 1 is 1.31 bits per heavy atom. The zero-order valence-corrected chi connectivity index (χ0v) is 14.4. The van der Waals surface area contributed by atoms with Gasteiger partial charge in [-0.15, -0.1) is 0 Å². The predicted octanol–water partition coefficient (Wildman–Crippen LogP) is 1.85. The number of hydrogen-bond acceptors (Lipinski definition) is 4. The molecule has 3 fully saturated rings. The maximum absolute atomic E-state index is 12.9. The van der Waals surface area contributed by atoms with E-state index in [1.165, 1.54) is 4.90 Å². The Morgan fingerprint density at radius 2 is 2.04 bits per heavy atom. The van der Waals surface area contributed by atoms with Crippen molar-refractivity contribution < 1.29 is 27.5 Å². The highest BCUT2D eigenvalue weighted by Gasteiger charge is 2.50. The van der Waals surface area contributed by atoms with Crippen molar-refractivity contribution in [1.82, 2.24) is 9.80 Å². The number of nitriles is 1. The third-order valence-corrected chi connectivity index (χ3v) is 5.53. The van der Waals surface area contributed by atoms with E-state index in [-0.39, 0.29) is 13.0 Å². The largest absolute Gasteiger partial charge is 0.406 e. The normalized spacial score (nSPS) is 32.8. The molecule has 0 aromatic rings. The summed E-state index contributed by atoms with van der Waals surface area (Å²) >= 11 is 0. The lowest BCUT2D eigenvalue weighted by atomic mass is 9.79. The van der Waals surface area contributed by atoms with Crippen LogP contribution in [0.1, 0.15) is 38.5 Å². The molecule has 3 rings (SSSR count). The standard InChI is InChI=1S/C17H22F3N3O3/c18-17(19,20)11-22-10-12(8-14(22)24)15(25)23-6-3-5-16(13(23)9-21)4-1-2-7-26-16/h12-13H,1-8,10-11H2. The van der Waals surface area contributed by atoms with Crippen molar-refractivity contribution in [3.05, 3.63) is 0 Å². The van der Waals surface area contributed by atoms with E-state index in [2.05, 4.69) is 6.07 Å². The molecule has 0 aliphatic carbocycles. The number of carbonyl (C=O) groups is 2. The summed E-state index contributed by atoms with van der Waals surface area (Å²) in [4.78, 5) is 26.9. The van der Waals surface area contributed by atoms with Crippen LogP contribution in [0.25, 0.3) is 0 Å². The van der Waals surface area contributed by atoms with Gasteiger partial charge in [-0.2, -0.15) is 18.4 Å². The van der Waals surface area contributed by atoms with E-state index in [1.54, 1.807) is 0 Å². The Morgan fingerprint density at radius 3 is 2.65 bits per heavy atom. The Kier molecular flexibility index (Phi) is 5.15. The fourth-order valence-corrected chi connectivity index (χ4v) is 4.35. The number of halogens is 3. The van der Waals surface area contributed by atoms with Crippen LogP contribution in [-0.2, 0) is 14.3 Å². The van der Waals surface area contributed by atoms with Crippen LogP contribution in [0.15, 0.2) is 0 Å². The average molecular weight is 373 g/mol. The van der Waals surface area contributed by atoms with E-state index in [4.69, 9.17) is 4.74 Å². The van der Waals surface area contributed by atoms with Crippen molar-refractivity contribution in [2.24, 2.45) is 5.92 Å². The smallest absolute Gasteiger partial charge is 0.372 e. The fraction of sp³-hybridized carbons (Fsp3) is 0.824. The van der Waals surface area contributed by atoms with Crippen LogP contribution >= 0.6 is 0 Å². The second-order valence-corrected chi connectivity index (χ2v) is 7.33. The number of hydrogen-bond donors (Lipinski definition) is 0. The number of nitrogens with zero attached hydrogens (tertiary/aromatic N) is 3. The van der Waals surface area contributed by atoms with E-state index < -0.39 is 42.1 Å². The van der Waals surface area contributed by atoms with E-state index in [9.17, 15) is 28.0 Å². The van der Waals surface area contributed by atoms with Gasteiger partial charge in [0, 0.05) is 26.1 Å². The molecule has 3 unspecified atom stereocenters. The molecule has 0 aromatic carbocycles. The molecule has 0 N–H and O–H groups in total. The Labute approximate surface area is 149 Å². The molecule has 3 heterocycles. The van der Waals surface area contributed by atoms with Crippen molar-refractivity contribution >= 4 is 11.8 Å². The molecular weight excluding hydrogens is 351 g/mol. The first-order valence-electron chi connectivity index (χ1n) is 8.94. The van der Waals surface area contributed by atoms with Crippen LogP contribution in [0, 0.1) is 17.2 Å². The minimum absolute atomic E-state index is 0.239. The van der Waals surface area contributed by atoms with Gasteiger partial charge in [-0.25, -0.2) is 0 Å². The summed E-state index contributed by atoms with van der Waals surface area (Å²) in [5, 5.41) is 9.68. The molecule has 2 amide bonds. The monoisotopic (exact) mass is 373 g/mol. The second kappa shape index (κ2) is 7.06. The zero-order valence-electron chi connectivity index (χ0n) is 14.4. The summed E-state index contributed by atoms with van der Waals surface area (Å²) in [5.41, 5.74) is -0.685. The summed E-state index contributed by atoms with van der Waals surface area (Å²) in [6.45, 7) is -0.683. The van der Waals surface area contributed by atoms with Gasteiger partial charge in [0.15, 0.2) is 0 Å². The third kappa shape index (κ3) is 3.65. The summed E-state index contributed by atoms with van der Waals surface area (Å²) in [6, 6.07) is 1.43. The summed E-state index contributed by atoms with van der Waals surface area (Å²) in [7, 11) is 0. The van der Waals surface area contributed by atoms with Gasteiger partial charge < -0.3 is 14.5 Å². The third-order valence-electron chi connectivity index (χ3n) is 5.53. The first-order chi connectivity index (χ1) is 12.3. The predicted molar refractivity (Wildman–Crippen MR) is 83.6 cm³/mol. The fourth-order valence-electron chi connectivity index (χ4n) is 4.35. The van der Waals surface area contributed by atoms with Crippen LogP contribution in [-0.4, -0.2) is 65.7 Å². The highest BCUT2D eigenvalue weighted by molar-refractivity contribution is 5.89. The van der Waals surface area contributed by atoms with E-state index in [1.807, 2.05) is 0 Å². The van der Waals surface area contributed by atoms with Crippen LogP contribution in [0.4, 0.5) is 13.2 Å². The van der Waals surface area contributed by atoms with Crippen molar-refractivity contribution in [1.29, 1.82) is 5.26 Å². The maximum atomic E-state index is 12.9. The van der Waals surface area contributed by atoms with Crippen LogP contribution in [0.5, 0.6) is 0 Å². The minimum Gasteiger partial charge on any atom is -0.372 e. The molecule has 0 aromatic heterocycles. The molecule has 3 aliphatic heterocycles. The number of piperidine rings is 1. The Bertz CT molecular complexity index is 605. The first kappa shape index (κ1) is 19.0. The quantitative estimate of drug-likeness (QED) is 0.741. The van der Waals surface area contributed by atoms with Gasteiger partial charge in [-0.05, 0) is 32.1 Å². The molecule has 0 radical (unpaired) electrons. The van der Waals surface area contributed by atoms with Gasteiger partial charge in [0.25, 0.3) is 0 Å². The molecule has 26 heavy (non-hydrogen) atoms. The van der Waals surface area contributed by atoms with Crippen molar-refractivity contribution in [2.45, 2.75) is 56.3 Å². The molecule has 3 saturated heterocycles. The van der Waals surface area contributed by atoms with E-state index >= 15 is 0 Å². The Hall–Kier alpha value is -1.82. The zero-order chi connectivity index (χ0) is 18.9. The molecule has 6 nitrogen and oxygen atoms in total. The van der Waals surface area contributed by atoms with Gasteiger partial charge in [0.1, 0.15) is 18.2 Å². The van der Waals surface area contributed by atoms with Gasteiger partial charge in [-0.3, -0.25) is 9.59 Å². The molecule has 1 spiro atoms. The minimum atomic E-state index is -4.49. The molecule has 3 aliphatic rings. The van der Waals surface area contributed by atoms with Gasteiger partial charge in [0.2, 0.25) is 11.8 Å². The molecule has 3 atom stereocenters. The van der Waals surface area contributed by atoms with E-state index in [0.717, 1.165) is 12.8 Å². The number of carbonyl (C=O) groups excluding carboxylic acids is 2. The lowest BCUT2D eigenvalue weighted by Crippen LogP contribution is -2.61. The highest BCUT2D eigenvalue weighted by atomic mass is 19.4. The van der Waals surface area contributed by atoms with E-state index in [0.29, 0.717) is 37.3 Å². The number of rotatable bonds is 2. The van der Waals surface area contributed by atoms with Crippen molar-refractivity contribution in [3.63, 3.8) is 0 Å². The van der Waals surface area contributed by atoms with Crippen LogP contribution in [0.2, 0.25) is 0 Å². The lowest BCUT2D eigenvalue weighted by Gasteiger charge is -2.48. The SMILES string of the molecule is N#CC1N(C(=O)C2CC(=O)N(CC(F)(F)F)C2)CCCC12CCCCO2. The number of amides is 2. The highest BCUT2D eigenvalue weighted by Crippen LogP contribution is 2.39. The first-order valence-corrected chi connectivity index (χ1v) is 8.94. The molecular formula is C17H22F3N3O3. The summed E-state index contributed by atoms with van der Waals surface area (Å²) in [6.07, 6.45) is -0.835. The molecule has 0 bridgehead atoms. The Balaban J connectivity index is 1.72. The summed E-state index contributed by atoms with van der Waals surface area (Å²) in [5.74, 6) is -1.92. The van der Waals surface area contributed by atoms with Crippen molar-refractivity contribution in [2.75, 3.05) is 26.2 Å². The molecule has 9 heteroatoms. The van der Waals surface area contributed by atoms with Gasteiger partial charge in [0.05, 0.1) is 12.0 Å². The average Bonchev–Trinajstić information content (AvgIpc) is 2.93. The number of alkyl halides is 3. The van der Waals surface area contributed by atoms with Gasteiger partial charge in [-0.1, -0.05) is 0 Å². The maximum Gasteiger partial charge on any atom is 0.406 e. The number of likely N-dealkylation sites (tertiary alicyclic amines) is 2.